The SMILES string of the molecule is CN1C(=O)/C(=C/c2cccc(Cl)c2)Sc2ccc(C(=O)NCCCN3CCN(c4ccccc4F)CC3)cc21. The van der Waals surface area contributed by atoms with Gasteiger partial charge < -0.3 is 15.1 Å². The summed E-state index contributed by atoms with van der Waals surface area (Å²) < 4.78 is 14.1. The Morgan fingerprint density at radius 2 is 1.82 bits per heavy atom. The van der Waals surface area contributed by atoms with Crippen molar-refractivity contribution in [3.8, 4) is 0 Å². The van der Waals surface area contributed by atoms with Crippen molar-refractivity contribution in [3.63, 3.8) is 0 Å². The monoisotopic (exact) mass is 564 g/mol. The summed E-state index contributed by atoms with van der Waals surface area (Å²) in [5.74, 6) is -0.465. The van der Waals surface area contributed by atoms with Crippen LogP contribution in [0.25, 0.3) is 6.08 Å². The third-order valence-electron chi connectivity index (χ3n) is 6.97. The summed E-state index contributed by atoms with van der Waals surface area (Å²) in [7, 11) is 1.72. The Labute approximate surface area is 237 Å². The lowest BCUT2D eigenvalue weighted by atomic mass is 10.1. The minimum atomic E-state index is -0.181. The van der Waals surface area contributed by atoms with Gasteiger partial charge in [0.05, 0.1) is 16.3 Å². The summed E-state index contributed by atoms with van der Waals surface area (Å²) in [6.07, 6.45) is 2.65. The number of nitrogens with zero attached hydrogens (tertiary/aromatic N) is 3. The quantitative estimate of drug-likeness (QED) is 0.302. The van der Waals surface area contributed by atoms with Crippen LogP contribution < -0.4 is 15.1 Å². The molecule has 202 valence electrons. The Morgan fingerprint density at radius 1 is 1.03 bits per heavy atom. The fourth-order valence-corrected chi connectivity index (χ4v) is 6.10. The number of rotatable bonds is 7. The van der Waals surface area contributed by atoms with Crippen LogP contribution in [0.3, 0.4) is 0 Å². The number of amides is 2. The third-order valence-corrected chi connectivity index (χ3v) is 8.28. The van der Waals surface area contributed by atoms with Gasteiger partial charge in [-0.3, -0.25) is 14.5 Å². The van der Waals surface area contributed by atoms with E-state index in [1.54, 1.807) is 36.2 Å². The van der Waals surface area contributed by atoms with Crippen LogP contribution in [0, 0.1) is 5.82 Å². The predicted molar refractivity (Wildman–Crippen MR) is 157 cm³/mol. The highest BCUT2D eigenvalue weighted by atomic mass is 35.5. The topological polar surface area (TPSA) is 55.9 Å². The first-order valence-corrected chi connectivity index (χ1v) is 14.2. The largest absolute Gasteiger partial charge is 0.367 e. The molecule has 2 aliphatic heterocycles. The molecule has 1 saturated heterocycles. The van der Waals surface area contributed by atoms with Gasteiger partial charge in [-0.15, -0.1) is 0 Å². The minimum absolute atomic E-state index is 0.125. The van der Waals surface area contributed by atoms with E-state index < -0.39 is 0 Å². The summed E-state index contributed by atoms with van der Waals surface area (Å²) in [6, 6.07) is 19.7. The summed E-state index contributed by atoms with van der Waals surface area (Å²) in [5.41, 5.74) is 2.76. The summed E-state index contributed by atoms with van der Waals surface area (Å²) in [5, 5.41) is 3.62. The predicted octanol–water partition coefficient (Wildman–Crippen LogP) is 5.53. The van der Waals surface area contributed by atoms with E-state index in [1.165, 1.54) is 17.8 Å². The zero-order valence-electron chi connectivity index (χ0n) is 21.7. The number of hydrogen-bond donors (Lipinski definition) is 1. The van der Waals surface area contributed by atoms with E-state index in [0.717, 1.165) is 49.6 Å². The molecule has 0 aromatic heterocycles. The number of carbonyl (C=O) groups excluding carboxylic acids is 2. The average Bonchev–Trinajstić information content (AvgIpc) is 2.94. The maximum Gasteiger partial charge on any atom is 0.264 e. The standard InChI is InChI=1S/C30H30ClFN4O2S/c1-34-26-20-22(10-11-27(26)39-28(30(34)38)19-21-6-4-7-23(31)18-21)29(37)33-12-5-13-35-14-16-36(17-15-35)25-9-3-2-8-24(25)32/h2-4,6-11,18-20H,5,12-17H2,1H3,(H,33,37)/b28-19-. The molecule has 0 atom stereocenters. The first-order chi connectivity index (χ1) is 18.9. The van der Waals surface area contributed by atoms with E-state index in [0.29, 0.717) is 33.4 Å². The Balaban J connectivity index is 1.12. The summed E-state index contributed by atoms with van der Waals surface area (Å²) in [6.45, 7) is 4.70. The average molecular weight is 565 g/mol. The van der Waals surface area contributed by atoms with Gasteiger partial charge in [0.15, 0.2) is 0 Å². The zero-order chi connectivity index (χ0) is 27.4. The van der Waals surface area contributed by atoms with Crippen LogP contribution in [-0.2, 0) is 4.79 Å². The lowest BCUT2D eigenvalue weighted by Gasteiger charge is -2.36. The normalized spacial score (nSPS) is 16.9. The highest BCUT2D eigenvalue weighted by molar-refractivity contribution is 8.04. The Kier molecular flexibility index (Phi) is 8.55. The number of benzene rings is 3. The number of carbonyl (C=O) groups is 2. The maximum absolute atomic E-state index is 14.1. The van der Waals surface area contributed by atoms with Crippen molar-refractivity contribution in [3.05, 3.63) is 93.6 Å². The smallest absolute Gasteiger partial charge is 0.264 e. The van der Waals surface area contributed by atoms with E-state index in [-0.39, 0.29) is 17.6 Å². The first kappa shape index (κ1) is 27.2. The van der Waals surface area contributed by atoms with Gasteiger partial charge in [-0.25, -0.2) is 4.39 Å². The van der Waals surface area contributed by atoms with E-state index in [4.69, 9.17) is 11.6 Å². The van der Waals surface area contributed by atoms with E-state index in [1.807, 2.05) is 42.5 Å². The van der Waals surface area contributed by atoms with Crippen LogP contribution in [0.5, 0.6) is 0 Å². The second-order valence-corrected chi connectivity index (χ2v) is 11.1. The summed E-state index contributed by atoms with van der Waals surface area (Å²) in [4.78, 5) is 33.4. The maximum atomic E-state index is 14.1. The van der Waals surface area contributed by atoms with Crippen molar-refractivity contribution in [2.45, 2.75) is 11.3 Å². The van der Waals surface area contributed by atoms with Gasteiger partial charge in [-0.2, -0.15) is 0 Å². The van der Waals surface area contributed by atoms with Gasteiger partial charge in [0.2, 0.25) is 0 Å². The van der Waals surface area contributed by atoms with Crippen LogP contribution in [0.1, 0.15) is 22.3 Å². The van der Waals surface area contributed by atoms with Crippen molar-refractivity contribution < 1.29 is 14.0 Å². The van der Waals surface area contributed by atoms with Crippen LogP contribution in [-0.4, -0.2) is 63.0 Å². The van der Waals surface area contributed by atoms with Crippen LogP contribution in [0.2, 0.25) is 5.02 Å². The van der Waals surface area contributed by atoms with Gasteiger partial charge >= 0.3 is 0 Å². The van der Waals surface area contributed by atoms with Gasteiger partial charge in [-0.05, 0) is 67.1 Å². The lowest BCUT2D eigenvalue weighted by molar-refractivity contribution is -0.114. The molecule has 3 aromatic carbocycles. The molecule has 0 bridgehead atoms. The number of thioether (sulfide) groups is 1. The van der Waals surface area contributed by atoms with E-state index in [2.05, 4.69) is 15.1 Å². The van der Waals surface area contributed by atoms with Gasteiger partial charge in [0.1, 0.15) is 5.82 Å². The van der Waals surface area contributed by atoms with Crippen molar-refractivity contribution in [2.24, 2.45) is 0 Å². The lowest BCUT2D eigenvalue weighted by Crippen LogP contribution is -2.47. The van der Waals surface area contributed by atoms with Crippen LogP contribution in [0.4, 0.5) is 15.8 Å². The van der Waals surface area contributed by atoms with Crippen LogP contribution >= 0.6 is 23.4 Å². The summed E-state index contributed by atoms with van der Waals surface area (Å²) >= 11 is 7.48. The van der Waals surface area contributed by atoms with E-state index >= 15 is 0 Å². The molecule has 0 spiro atoms. The molecule has 2 amide bonds. The number of nitrogens with one attached hydrogen (secondary N) is 1. The number of hydrogen-bond acceptors (Lipinski definition) is 5. The third kappa shape index (κ3) is 6.46. The van der Waals surface area contributed by atoms with Gasteiger partial charge in [0.25, 0.3) is 11.8 Å². The molecule has 0 saturated carbocycles. The molecule has 9 heteroatoms. The molecular weight excluding hydrogens is 535 g/mol. The molecule has 3 aromatic rings. The number of para-hydroxylation sites is 1. The number of likely N-dealkylation sites (N-methyl/N-ethyl adjacent to an activating group) is 1. The molecule has 0 radical (unpaired) electrons. The fourth-order valence-electron chi connectivity index (χ4n) is 4.81. The molecule has 5 rings (SSSR count). The Morgan fingerprint density at radius 3 is 2.59 bits per heavy atom. The molecule has 1 fully saturated rings. The van der Waals surface area contributed by atoms with Crippen molar-refractivity contribution in [2.75, 3.05) is 56.1 Å². The molecule has 1 N–H and O–H groups in total. The molecule has 0 aliphatic carbocycles. The molecular formula is C30H30ClFN4O2S. The van der Waals surface area contributed by atoms with Crippen molar-refractivity contribution in [1.29, 1.82) is 0 Å². The molecule has 6 nitrogen and oxygen atoms in total. The van der Waals surface area contributed by atoms with Crippen molar-refractivity contribution in [1.82, 2.24) is 10.2 Å². The second kappa shape index (κ2) is 12.2. The first-order valence-electron chi connectivity index (χ1n) is 13.0. The fraction of sp³-hybridized carbons (Fsp3) is 0.267. The van der Waals surface area contributed by atoms with Gasteiger partial charge in [0, 0.05) is 55.3 Å². The second-order valence-electron chi connectivity index (χ2n) is 9.60. The highest BCUT2D eigenvalue weighted by Gasteiger charge is 2.27. The van der Waals surface area contributed by atoms with E-state index in [9.17, 15) is 14.0 Å². The number of halogens is 2. The van der Waals surface area contributed by atoms with Crippen molar-refractivity contribution >= 4 is 52.6 Å². The molecule has 0 unspecified atom stereocenters. The van der Waals surface area contributed by atoms with Crippen LogP contribution in [0.15, 0.2) is 76.5 Å². The molecule has 39 heavy (non-hydrogen) atoms. The number of piperazine rings is 1. The Hall–Kier alpha value is -3.33. The number of anilines is 2. The number of fused-ring (bicyclic) bond motifs is 1. The highest BCUT2D eigenvalue weighted by Crippen LogP contribution is 2.42. The Bertz CT molecular complexity index is 1410. The van der Waals surface area contributed by atoms with Gasteiger partial charge in [-0.1, -0.05) is 47.6 Å². The molecule has 2 aliphatic rings. The zero-order valence-corrected chi connectivity index (χ0v) is 23.3. The minimum Gasteiger partial charge on any atom is -0.367 e. The molecule has 2 heterocycles.